The first-order chi connectivity index (χ1) is 19.6. The van der Waals surface area contributed by atoms with Gasteiger partial charge in [0.05, 0.1) is 34.7 Å². The first-order valence-electron chi connectivity index (χ1n) is 16.4. The molecular formula is C36H44N4. The van der Waals surface area contributed by atoms with Crippen LogP contribution in [0.25, 0.3) is 22.1 Å². The van der Waals surface area contributed by atoms with E-state index in [-0.39, 0.29) is 0 Å². The minimum atomic E-state index is 0.595. The smallest absolute Gasteiger partial charge is 0.0958 e. The largest absolute Gasteiger partial charge is 0.330 e. The van der Waals surface area contributed by atoms with E-state index in [9.17, 15) is 0 Å². The quantitative estimate of drug-likeness (QED) is 0.264. The monoisotopic (exact) mass is 532 g/mol. The van der Waals surface area contributed by atoms with Crippen molar-refractivity contribution < 1.29 is 0 Å². The maximum Gasteiger partial charge on any atom is 0.0958 e. The van der Waals surface area contributed by atoms with E-state index >= 15 is 0 Å². The number of aromatic nitrogens is 4. The van der Waals surface area contributed by atoms with E-state index in [0.717, 1.165) is 46.5 Å². The molecule has 2 aromatic carbocycles. The molecule has 4 nitrogen and oxygen atoms in total. The molecule has 0 radical (unpaired) electrons. The summed E-state index contributed by atoms with van der Waals surface area (Å²) in [5, 5.41) is 0. The van der Waals surface area contributed by atoms with Crippen molar-refractivity contribution >= 4 is 22.1 Å². The molecule has 0 amide bonds. The van der Waals surface area contributed by atoms with Gasteiger partial charge in [0.15, 0.2) is 0 Å². The molecule has 0 atom stereocenters. The van der Waals surface area contributed by atoms with Crippen molar-refractivity contribution in [2.45, 2.75) is 90.1 Å². The zero-order chi connectivity index (χ0) is 26.3. The second-order valence-electron chi connectivity index (χ2n) is 15.6. The van der Waals surface area contributed by atoms with Gasteiger partial charge in [-0.25, -0.2) is 9.97 Å². The van der Waals surface area contributed by atoms with E-state index in [4.69, 9.17) is 0 Å². The number of rotatable bonds is 4. The minimum absolute atomic E-state index is 0.595. The van der Waals surface area contributed by atoms with Gasteiger partial charge < -0.3 is 9.13 Å². The molecule has 8 aliphatic carbocycles. The molecule has 8 aliphatic rings. The number of hydrogen-bond acceptors (Lipinski definition) is 2. The number of hydrogen-bond donors (Lipinski definition) is 0. The number of nitrogens with zero attached hydrogens (tertiary/aromatic N) is 4. The van der Waals surface area contributed by atoms with Gasteiger partial charge in [0.25, 0.3) is 0 Å². The molecule has 0 unspecified atom stereocenters. The van der Waals surface area contributed by atoms with E-state index in [2.05, 4.69) is 80.3 Å². The molecule has 12 rings (SSSR count). The summed E-state index contributed by atoms with van der Waals surface area (Å²) in [6, 6.07) is 17.2. The molecule has 8 saturated carbocycles. The predicted octanol–water partition coefficient (Wildman–Crippen LogP) is 8.51. The van der Waals surface area contributed by atoms with Gasteiger partial charge in [-0.3, -0.25) is 0 Å². The summed E-state index contributed by atoms with van der Waals surface area (Å²) in [7, 11) is 0. The van der Waals surface area contributed by atoms with E-state index in [0.29, 0.717) is 10.8 Å². The van der Waals surface area contributed by atoms with E-state index in [1.54, 1.807) is 0 Å². The lowest BCUT2D eigenvalue weighted by atomic mass is 9.49. The van der Waals surface area contributed by atoms with Crippen LogP contribution in [0.4, 0.5) is 0 Å². The average molecular weight is 533 g/mol. The van der Waals surface area contributed by atoms with Gasteiger partial charge in [-0.1, -0.05) is 24.3 Å². The Bertz CT molecular complexity index is 1350. The molecule has 0 N–H and O–H groups in total. The number of benzene rings is 2. The zero-order valence-electron chi connectivity index (χ0n) is 23.9. The molecular weight excluding hydrogens is 488 g/mol. The highest BCUT2D eigenvalue weighted by molar-refractivity contribution is 5.75. The Hall–Kier alpha value is -2.62. The zero-order valence-corrected chi connectivity index (χ0v) is 23.9. The molecule has 2 aromatic heterocycles. The maximum absolute atomic E-state index is 4.58. The molecule has 4 aromatic rings. The van der Waals surface area contributed by atoms with Crippen LogP contribution in [0.2, 0.25) is 0 Å². The second kappa shape index (κ2) is 8.94. The highest BCUT2D eigenvalue weighted by Gasteiger charge is 2.52. The van der Waals surface area contributed by atoms with Crippen molar-refractivity contribution in [1.82, 2.24) is 19.1 Å². The van der Waals surface area contributed by atoms with Crippen LogP contribution < -0.4 is 0 Å². The lowest BCUT2D eigenvalue weighted by Crippen LogP contribution is -2.47. The van der Waals surface area contributed by atoms with Gasteiger partial charge in [-0.2, -0.15) is 0 Å². The standard InChI is InChI=1S/2C18H22N2/c2*1-2-4-17-16(3-1)19-12-20(17)11-18-8-13-5-14(9-18)7-15(6-13)10-18/h2*1-4,12-15H,5-11H2. The summed E-state index contributed by atoms with van der Waals surface area (Å²) < 4.78 is 4.87. The van der Waals surface area contributed by atoms with Gasteiger partial charge in [0, 0.05) is 13.1 Å². The Kier molecular flexibility index (Phi) is 5.37. The van der Waals surface area contributed by atoms with Crippen LogP contribution in [0.15, 0.2) is 61.2 Å². The van der Waals surface area contributed by atoms with Crippen LogP contribution in [-0.2, 0) is 13.1 Å². The van der Waals surface area contributed by atoms with Crippen LogP contribution in [0, 0.1) is 46.3 Å². The maximum atomic E-state index is 4.58. The Labute approximate surface area is 238 Å². The van der Waals surface area contributed by atoms with Crippen LogP contribution >= 0.6 is 0 Å². The highest BCUT2D eigenvalue weighted by Crippen LogP contribution is 2.61. The van der Waals surface area contributed by atoms with Crippen molar-refractivity contribution in [1.29, 1.82) is 0 Å². The summed E-state index contributed by atoms with van der Waals surface area (Å²) in [5.74, 6) is 6.23. The minimum Gasteiger partial charge on any atom is -0.330 e. The third-order valence-corrected chi connectivity index (χ3v) is 12.4. The normalized spacial score (nSPS) is 38.7. The molecule has 0 spiro atoms. The van der Waals surface area contributed by atoms with Gasteiger partial charge in [-0.15, -0.1) is 0 Å². The Morgan fingerprint density at radius 1 is 0.500 bits per heavy atom. The third-order valence-electron chi connectivity index (χ3n) is 12.4. The van der Waals surface area contributed by atoms with Crippen molar-refractivity contribution in [2.75, 3.05) is 0 Å². The van der Waals surface area contributed by atoms with Crippen molar-refractivity contribution in [3.8, 4) is 0 Å². The van der Waals surface area contributed by atoms with Crippen molar-refractivity contribution in [3.63, 3.8) is 0 Å². The van der Waals surface area contributed by atoms with Crippen molar-refractivity contribution in [3.05, 3.63) is 61.2 Å². The fourth-order valence-corrected chi connectivity index (χ4v) is 12.0. The van der Waals surface area contributed by atoms with E-state index < -0.39 is 0 Å². The fraction of sp³-hybridized carbons (Fsp3) is 0.611. The van der Waals surface area contributed by atoms with Crippen molar-refractivity contribution in [2.24, 2.45) is 46.3 Å². The first kappa shape index (κ1) is 24.0. The second-order valence-corrected chi connectivity index (χ2v) is 15.6. The predicted molar refractivity (Wildman–Crippen MR) is 161 cm³/mol. The number of para-hydroxylation sites is 4. The van der Waals surface area contributed by atoms with Crippen LogP contribution in [0.3, 0.4) is 0 Å². The lowest BCUT2D eigenvalue weighted by Gasteiger charge is -2.57. The number of imidazole rings is 2. The first-order valence-corrected chi connectivity index (χ1v) is 16.4. The Morgan fingerprint density at radius 2 is 0.825 bits per heavy atom. The Morgan fingerprint density at radius 3 is 1.18 bits per heavy atom. The topological polar surface area (TPSA) is 35.6 Å². The summed E-state index contributed by atoms with van der Waals surface area (Å²) in [5.41, 5.74) is 6.14. The van der Waals surface area contributed by atoms with Gasteiger partial charge in [0.2, 0.25) is 0 Å². The highest BCUT2D eigenvalue weighted by atomic mass is 15.1. The summed E-state index contributed by atoms with van der Waals surface area (Å²) in [6.07, 6.45) is 22.2. The molecule has 0 aliphatic heterocycles. The lowest BCUT2D eigenvalue weighted by molar-refractivity contribution is -0.0615. The van der Waals surface area contributed by atoms with Crippen LogP contribution in [-0.4, -0.2) is 19.1 Å². The molecule has 8 fully saturated rings. The van der Waals surface area contributed by atoms with Gasteiger partial charge >= 0.3 is 0 Å². The summed E-state index contributed by atoms with van der Waals surface area (Å²) in [4.78, 5) is 9.16. The number of fused-ring (bicyclic) bond motifs is 2. The molecule has 2 heterocycles. The average Bonchev–Trinajstić information content (AvgIpc) is 3.51. The molecule has 4 heteroatoms. The molecule has 208 valence electrons. The summed E-state index contributed by atoms with van der Waals surface area (Å²) >= 11 is 0. The third kappa shape index (κ3) is 4.07. The van der Waals surface area contributed by atoms with Crippen LogP contribution in [0.5, 0.6) is 0 Å². The molecule has 0 saturated heterocycles. The summed E-state index contributed by atoms with van der Waals surface area (Å²) in [6.45, 7) is 2.41. The fourth-order valence-electron chi connectivity index (χ4n) is 12.0. The molecule has 40 heavy (non-hydrogen) atoms. The van der Waals surface area contributed by atoms with E-state index in [1.165, 1.54) is 101 Å². The Balaban J connectivity index is 0.000000115. The van der Waals surface area contributed by atoms with Gasteiger partial charge in [-0.05, 0) is 148 Å². The molecule has 8 bridgehead atoms. The van der Waals surface area contributed by atoms with E-state index in [1.807, 2.05) is 0 Å². The SMILES string of the molecule is c1ccc2c(c1)ncn2CC12CC3CC(CC(C3)C1)C2.c1ccc2c(c1)ncn2CC12CC3CC(CC(C3)C1)C2. The van der Waals surface area contributed by atoms with Gasteiger partial charge in [0.1, 0.15) is 0 Å². The van der Waals surface area contributed by atoms with Crippen LogP contribution in [0.1, 0.15) is 77.0 Å².